The fourth-order valence-electron chi connectivity index (χ4n) is 3.78. The summed E-state index contributed by atoms with van der Waals surface area (Å²) in [6, 6.07) is 11.2. The number of rotatable bonds is 9. The second kappa shape index (κ2) is 10.5. The Balaban J connectivity index is 1.61. The summed E-state index contributed by atoms with van der Waals surface area (Å²) in [6.45, 7) is 6.51. The molecular weight excluding hydrogens is 341 g/mol. The number of likely N-dealkylation sites (tertiary alicyclic amines) is 1. The van der Waals surface area contributed by atoms with Crippen molar-refractivity contribution >= 4 is 0 Å². The number of methoxy groups -OCH3 is 1. The Labute approximate surface area is 162 Å². The van der Waals surface area contributed by atoms with Crippen LogP contribution in [0.25, 0.3) is 0 Å². The van der Waals surface area contributed by atoms with Gasteiger partial charge in [-0.1, -0.05) is 18.2 Å². The Hall–Kier alpha value is -1.82. The highest BCUT2D eigenvalue weighted by atomic mass is 19.1. The lowest BCUT2D eigenvalue weighted by Crippen LogP contribution is -2.39. The molecule has 1 aromatic carbocycles. The van der Waals surface area contributed by atoms with E-state index >= 15 is 0 Å². The van der Waals surface area contributed by atoms with Crippen molar-refractivity contribution in [1.82, 2.24) is 14.8 Å². The van der Waals surface area contributed by atoms with Gasteiger partial charge >= 0.3 is 0 Å². The van der Waals surface area contributed by atoms with Crippen molar-refractivity contribution in [1.29, 1.82) is 0 Å². The molecule has 27 heavy (non-hydrogen) atoms. The standard InChI is InChI=1S/C22H30FN3O/c1-27-15-14-25-12-8-20(9-13-25)17-26(16-19-6-10-24-11-7-19)18-21-4-2-3-5-22(21)23/h2-7,10-11,20H,8-9,12-18H2,1H3. The molecule has 3 rings (SSSR count). The molecule has 0 spiro atoms. The lowest BCUT2D eigenvalue weighted by atomic mass is 9.95. The number of aromatic nitrogens is 1. The Morgan fingerprint density at radius 2 is 1.85 bits per heavy atom. The number of ether oxygens (including phenoxy) is 1. The van der Waals surface area contributed by atoms with Crippen LogP contribution in [0, 0.1) is 11.7 Å². The van der Waals surface area contributed by atoms with Gasteiger partial charge in [0, 0.05) is 51.2 Å². The summed E-state index contributed by atoms with van der Waals surface area (Å²) < 4.78 is 19.4. The van der Waals surface area contributed by atoms with Crippen LogP contribution in [0.3, 0.4) is 0 Å². The quantitative estimate of drug-likeness (QED) is 0.674. The zero-order valence-electron chi connectivity index (χ0n) is 16.2. The van der Waals surface area contributed by atoms with Crippen molar-refractivity contribution in [3.63, 3.8) is 0 Å². The minimum absolute atomic E-state index is 0.119. The van der Waals surface area contributed by atoms with E-state index in [-0.39, 0.29) is 5.82 Å². The number of pyridine rings is 1. The van der Waals surface area contributed by atoms with Gasteiger partial charge in [0.15, 0.2) is 0 Å². The van der Waals surface area contributed by atoms with Crippen LogP contribution in [0.1, 0.15) is 24.0 Å². The number of piperidine rings is 1. The monoisotopic (exact) mass is 371 g/mol. The zero-order chi connectivity index (χ0) is 18.9. The minimum Gasteiger partial charge on any atom is -0.383 e. The van der Waals surface area contributed by atoms with E-state index in [2.05, 4.69) is 14.8 Å². The Kier molecular flexibility index (Phi) is 7.75. The molecule has 0 unspecified atom stereocenters. The topological polar surface area (TPSA) is 28.6 Å². The van der Waals surface area contributed by atoms with Gasteiger partial charge in [0.2, 0.25) is 0 Å². The third kappa shape index (κ3) is 6.38. The van der Waals surface area contributed by atoms with E-state index in [1.54, 1.807) is 19.2 Å². The summed E-state index contributed by atoms with van der Waals surface area (Å²) in [4.78, 5) is 8.96. The Morgan fingerprint density at radius 1 is 1.11 bits per heavy atom. The van der Waals surface area contributed by atoms with E-state index in [1.165, 1.54) is 18.4 Å². The molecule has 0 bridgehead atoms. The van der Waals surface area contributed by atoms with Gasteiger partial charge in [-0.25, -0.2) is 4.39 Å². The van der Waals surface area contributed by atoms with Crippen molar-refractivity contribution in [3.05, 3.63) is 65.7 Å². The van der Waals surface area contributed by atoms with Crippen LogP contribution in [0.5, 0.6) is 0 Å². The van der Waals surface area contributed by atoms with Crippen LogP contribution in [-0.4, -0.2) is 54.7 Å². The summed E-state index contributed by atoms with van der Waals surface area (Å²) in [5.74, 6) is 0.531. The number of benzene rings is 1. The summed E-state index contributed by atoms with van der Waals surface area (Å²) in [6.07, 6.45) is 6.03. The molecule has 5 heteroatoms. The molecule has 1 aliphatic rings. The smallest absolute Gasteiger partial charge is 0.127 e. The maximum atomic E-state index is 14.2. The Bertz CT molecular complexity index is 674. The van der Waals surface area contributed by atoms with Gasteiger partial charge < -0.3 is 9.64 Å². The summed E-state index contributed by atoms with van der Waals surface area (Å²) in [7, 11) is 1.76. The first kappa shape index (κ1) is 19.9. The first-order chi connectivity index (χ1) is 13.2. The van der Waals surface area contributed by atoms with Gasteiger partial charge in [-0.3, -0.25) is 9.88 Å². The van der Waals surface area contributed by atoms with Crippen molar-refractivity contribution in [3.8, 4) is 0 Å². The third-order valence-electron chi connectivity index (χ3n) is 5.34. The van der Waals surface area contributed by atoms with Crippen molar-refractivity contribution in [2.24, 2.45) is 5.92 Å². The molecular formula is C22H30FN3O. The maximum absolute atomic E-state index is 14.2. The average molecular weight is 372 g/mol. The fraction of sp³-hybridized carbons (Fsp3) is 0.500. The third-order valence-corrected chi connectivity index (χ3v) is 5.34. The van der Waals surface area contributed by atoms with Gasteiger partial charge in [0.1, 0.15) is 5.82 Å². The molecule has 1 aliphatic heterocycles. The van der Waals surface area contributed by atoms with E-state index < -0.39 is 0 Å². The lowest BCUT2D eigenvalue weighted by Gasteiger charge is -2.35. The van der Waals surface area contributed by atoms with Crippen LogP contribution < -0.4 is 0 Å². The van der Waals surface area contributed by atoms with E-state index in [0.29, 0.717) is 12.5 Å². The maximum Gasteiger partial charge on any atom is 0.127 e. The molecule has 0 N–H and O–H groups in total. The predicted molar refractivity (Wildman–Crippen MR) is 106 cm³/mol. The largest absolute Gasteiger partial charge is 0.383 e. The van der Waals surface area contributed by atoms with Crippen LogP contribution in [0.4, 0.5) is 4.39 Å². The molecule has 1 aromatic heterocycles. The van der Waals surface area contributed by atoms with E-state index in [9.17, 15) is 4.39 Å². The summed E-state index contributed by atoms with van der Waals surface area (Å²) >= 11 is 0. The van der Waals surface area contributed by atoms with Crippen molar-refractivity contribution in [2.75, 3.05) is 39.9 Å². The summed E-state index contributed by atoms with van der Waals surface area (Å²) in [5, 5.41) is 0. The van der Waals surface area contributed by atoms with Crippen molar-refractivity contribution in [2.45, 2.75) is 25.9 Å². The normalized spacial score (nSPS) is 16.1. The van der Waals surface area contributed by atoms with Crippen LogP contribution in [0.2, 0.25) is 0 Å². The van der Waals surface area contributed by atoms with Crippen molar-refractivity contribution < 1.29 is 9.13 Å². The number of hydrogen-bond acceptors (Lipinski definition) is 4. The van der Waals surface area contributed by atoms with Gasteiger partial charge in [-0.15, -0.1) is 0 Å². The van der Waals surface area contributed by atoms with Crippen LogP contribution in [0.15, 0.2) is 48.8 Å². The molecule has 0 atom stereocenters. The second-order valence-corrected chi connectivity index (χ2v) is 7.39. The van der Waals surface area contributed by atoms with Gasteiger partial charge in [-0.05, 0) is 55.6 Å². The summed E-state index contributed by atoms with van der Waals surface area (Å²) in [5.41, 5.74) is 1.99. The zero-order valence-corrected chi connectivity index (χ0v) is 16.2. The molecule has 0 aliphatic carbocycles. The SMILES string of the molecule is COCCN1CCC(CN(Cc2ccncc2)Cc2ccccc2F)CC1. The van der Waals surface area contributed by atoms with Crippen LogP contribution >= 0.6 is 0 Å². The molecule has 4 nitrogen and oxygen atoms in total. The second-order valence-electron chi connectivity index (χ2n) is 7.39. The number of hydrogen-bond donors (Lipinski definition) is 0. The first-order valence-electron chi connectivity index (χ1n) is 9.80. The van der Waals surface area contributed by atoms with Gasteiger partial charge in [-0.2, -0.15) is 0 Å². The van der Waals surface area contributed by atoms with E-state index in [0.717, 1.165) is 44.9 Å². The lowest BCUT2D eigenvalue weighted by molar-refractivity contribution is 0.103. The van der Waals surface area contributed by atoms with Crippen LogP contribution in [-0.2, 0) is 17.8 Å². The van der Waals surface area contributed by atoms with Gasteiger partial charge in [0.05, 0.1) is 6.61 Å². The van der Waals surface area contributed by atoms with E-state index in [1.807, 2.05) is 36.7 Å². The highest BCUT2D eigenvalue weighted by Crippen LogP contribution is 2.21. The van der Waals surface area contributed by atoms with E-state index in [4.69, 9.17) is 4.74 Å². The molecule has 2 aromatic rings. The average Bonchev–Trinajstić information content (AvgIpc) is 2.70. The number of nitrogens with zero attached hydrogens (tertiary/aromatic N) is 3. The molecule has 0 radical (unpaired) electrons. The molecule has 146 valence electrons. The highest BCUT2D eigenvalue weighted by Gasteiger charge is 2.22. The predicted octanol–water partition coefficient (Wildman–Crippen LogP) is 3.58. The molecule has 2 heterocycles. The minimum atomic E-state index is -0.119. The Morgan fingerprint density at radius 3 is 2.56 bits per heavy atom. The molecule has 0 amide bonds. The highest BCUT2D eigenvalue weighted by molar-refractivity contribution is 5.18. The first-order valence-corrected chi connectivity index (χ1v) is 9.80. The number of halogens is 1. The van der Waals surface area contributed by atoms with Gasteiger partial charge in [0.25, 0.3) is 0 Å². The molecule has 1 saturated heterocycles. The fourth-order valence-corrected chi connectivity index (χ4v) is 3.78. The molecule has 1 fully saturated rings. The molecule has 0 saturated carbocycles.